The first kappa shape index (κ1) is 13.3. The lowest BCUT2D eigenvalue weighted by atomic mass is 9.94. The van der Waals surface area contributed by atoms with Crippen molar-refractivity contribution in [2.75, 3.05) is 0 Å². The Morgan fingerprint density at radius 1 is 1.22 bits per heavy atom. The first-order chi connectivity index (χ1) is 8.61. The van der Waals surface area contributed by atoms with Gasteiger partial charge in [-0.3, -0.25) is 11.3 Å². The van der Waals surface area contributed by atoms with Crippen molar-refractivity contribution in [1.82, 2.24) is 5.43 Å². The summed E-state index contributed by atoms with van der Waals surface area (Å²) in [5.74, 6) is 5.70. The van der Waals surface area contributed by atoms with Crippen molar-refractivity contribution in [3.63, 3.8) is 0 Å². The van der Waals surface area contributed by atoms with E-state index in [-0.39, 0.29) is 6.04 Å². The fraction of sp³-hybridized carbons (Fsp3) is 0.333. The van der Waals surface area contributed by atoms with Crippen LogP contribution in [0.2, 0.25) is 0 Å². The van der Waals surface area contributed by atoms with Crippen LogP contribution in [0.25, 0.3) is 0 Å². The molecule has 1 aromatic heterocycles. The molecule has 0 aliphatic carbocycles. The van der Waals surface area contributed by atoms with Crippen LogP contribution >= 0.6 is 11.3 Å². The Kier molecular flexibility index (Phi) is 4.17. The Bertz CT molecular complexity index is 494. The van der Waals surface area contributed by atoms with Gasteiger partial charge in [0, 0.05) is 4.88 Å². The van der Waals surface area contributed by atoms with E-state index >= 15 is 0 Å². The maximum atomic E-state index is 5.70. The standard InChI is InChI=1S/C15H20N2S/c1-10-7-11(2)13(12(3)8-10)9-14(17-16)15-5-4-6-18-15/h4-8,14,17H,9,16H2,1-3H3. The van der Waals surface area contributed by atoms with E-state index in [9.17, 15) is 0 Å². The molecule has 0 saturated heterocycles. The average Bonchev–Trinajstić information content (AvgIpc) is 2.81. The van der Waals surface area contributed by atoms with Crippen molar-refractivity contribution in [3.8, 4) is 0 Å². The Hall–Kier alpha value is -1.16. The Balaban J connectivity index is 2.28. The minimum Gasteiger partial charge on any atom is -0.271 e. The van der Waals surface area contributed by atoms with Crippen molar-refractivity contribution < 1.29 is 0 Å². The third-order valence-electron chi connectivity index (χ3n) is 3.34. The van der Waals surface area contributed by atoms with Crippen LogP contribution < -0.4 is 11.3 Å². The number of thiophene rings is 1. The van der Waals surface area contributed by atoms with Gasteiger partial charge in [-0.15, -0.1) is 11.3 Å². The summed E-state index contributed by atoms with van der Waals surface area (Å²) in [6.45, 7) is 6.50. The summed E-state index contributed by atoms with van der Waals surface area (Å²) in [5.41, 5.74) is 8.36. The van der Waals surface area contributed by atoms with Gasteiger partial charge in [-0.05, 0) is 55.3 Å². The molecule has 2 aromatic rings. The molecular weight excluding hydrogens is 240 g/mol. The molecule has 3 N–H and O–H groups in total. The molecule has 0 radical (unpaired) electrons. The molecule has 0 spiro atoms. The summed E-state index contributed by atoms with van der Waals surface area (Å²) >= 11 is 1.75. The van der Waals surface area contributed by atoms with Crippen LogP contribution in [0.3, 0.4) is 0 Å². The highest BCUT2D eigenvalue weighted by Gasteiger charge is 2.14. The third kappa shape index (κ3) is 2.80. The van der Waals surface area contributed by atoms with E-state index in [2.05, 4.69) is 55.8 Å². The van der Waals surface area contributed by atoms with E-state index in [1.165, 1.54) is 27.1 Å². The van der Waals surface area contributed by atoms with Crippen molar-refractivity contribution >= 4 is 11.3 Å². The van der Waals surface area contributed by atoms with Gasteiger partial charge < -0.3 is 0 Å². The van der Waals surface area contributed by atoms with Crippen LogP contribution in [-0.4, -0.2) is 0 Å². The summed E-state index contributed by atoms with van der Waals surface area (Å²) in [7, 11) is 0. The van der Waals surface area contributed by atoms with Crippen LogP contribution in [0.15, 0.2) is 29.6 Å². The number of rotatable bonds is 4. The molecule has 1 atom stereocenters. The van der Waals surface area contributed by atoms with E-state index in [0.717, 1.165) is 6.42 Å². The minimum absolute atomic E-state index is 0.199. The zero-order valence-corrected chi connectivity index (χ0v) is 12.0. The van der Waals surface area contributed by atoms with Gasteiger partial charge in [-0.25, -0.2) is 0 Å². The highest BCUT2D eigenvalue weighted by atomic mass is 32.1. The van der Waals surface area contributed by atoms with Crippen LogP contribution in [0.1, 0.15) is 33.2 Å². The zero-order chi connectivity index (χ0) is 13.1. The minimum atomic E-state index is 0.199. The van der Waals surface area contributed by atoms with Gasteiger partial charge in [0.2, 0.25) is 0 Å². The second-order valence-corrected chi connectivity index (χ2v) is 5.80. The lowest BCUT2D eigenvalue weighted by Gasteiger charge is -2.18. The molecule has 0 fully saturated rings. The maximum absolute atomic E-state index is 5.70. The van der Waals surface area contributed by atoms with Crippen LogP contribution in [0.4, 0.5) is 0 Å². The number of hydrazine groups is 1. The maximum Gasteiger partial charge on any atom is 0.0593 e. The topological polar surface area (TPSA) is 38.0 Å². The molecule has 1 heterocycles. The van der Waals surface area contributed by atoms with Gasteiger partial charge in [-0.2, -0.15) is 0 Å². The molecular formula is C15H20N2S. The van der Waals surface area contributed by atoms with Crippen LogP contribution in [-0.2, 0) is 6.42 Å². The smallest absolute Gasteiger partial charge is 0.0593 e. The van der Waals surface area contributed by atoms with Crippen molar-refractivity contribution in [1.29, 1.82) is 0 Å². The van der Waals surface area contributed by atoms with E-state index in [4.69, 9.17) is 5.84 Å². The molecule has 3 heteroatoms. The van der Waals surface area contributed by atoms with Gasteiger partial charge in [-0.1, -0.05) is 23.8 Å². The predicted molar refractivity (Wildman–Crippen MR) is 78.7 cm³/mol. The largest absolute Gasteiger partial charge is 0.271 e. The number of nitrogens with two attached hydrogens (primary N) is 1. The van der Waals surface area contributed by atoms with Crippen LogP contribution in [0, 0.1) is 20.8 Å². The lowest BCUT2D eigenvalue weighted by Crippen LogP contribution is -2.29. The molecule has 0 aliphatic heterocycles. The number of hydrogen-bond acceptors (Lipinski definition) is 3. The first-order valence-electron chi connectivity index (χ1n) is 6.18. The fourth-order valence-electron chi connectivity index (χ4n) is 2.47. The third-order valence-corrected chi connectivity index (χ3v) is 4.32. The quantitative estimate of drug-likeness (QED) is 0.653. The number of nitrogens with one attached hydrogen (secondary N) is 1. The fourth-order valence-corrected chi connectivity index (χ4v) is 3.25. The molecule has 0 bridgehead atoms. The highest BCUT2D eigenvalue weighted by Crippen LogP contribution is 2.26. The summed E-state index contributed by atoms with van der Waals surface area (Å²) in [5, 5.41) is 2.09. The summed E-state index contributed by atoms with van der Waals surface area (Å²) in [6.07, 6.45) is 0.939. The summed E-state index contributed by atoms with van der Waals surface area (Å²) < 4.78 is 0. The number of aryl methyl sites for hydroxylation is 3. The number of benzene rings is 1. The summed E-state index contributed by atoms with van der Waals surface area (Å²) in [6, 6.07) is 8.88. The van der Waals surface area contributed by atoms with E-state index in [0.29, 0.717) is 0 Å². The molecule has 96 valence electrons. The van der Waals surface area contributed by atoms with Gasteiger partial charge in [0.05, 0.1) is 6.04 Å². The molecule has 1 aromatic carbocycles. The zero-order valence-electron chi connectivity index (χ0n) is 11.2. The van der Waals surface area contributed by atoms with E-state index in [1.807, 2.05) is 0 Å². The average molecular weight is 260 g/mol. The molecule has 2 nitrogen and oxygen atoms in total. The number of hydrogen-bond donors (Lipinski definition) is 2. The van der Waals surface area contributed by atoms with Gasteiger partial charge in [0.15, 0.2) is 0 Å². The second kappa shape index (κ2) is 5.65. The molecule has 0 amide bonds. The summed E-state index contributed by atoms with van der Waals surface area (Å²) in [4.78, 5) is 1.29. The Morgan fingerprint density at radius 2 is 1.89 bits per heavy atom. The SMILES string of the molecule is Cc1cc(C)c(CC(NN)c2cccs2)c(C)c1. The molecule has 18 heavy (non-hydrogen) atoms. The highest BCUT2D eigenvalue weighted by molar-refractivity contribution is 7.10. The normalized spacial score (nSPS) is 12.7. The van der Waals surface area contributed by atoms with Crippen molar-refractivity contribution in [2.24, 2.45) is 5.84 Å². The van der Waals surface area contributed by atoms with Crippen molar-refractivity contribution in [3.05, 3.63) is 56.8 Å². The molecule has 2 rings (SSSR count). The monoisotopic (exact) mass is 260 g/mol. The lowest BCUT2D eigenvalue weighted by molar-refractivity contribution is 0.558. The van der Waals surface area contributed by atoms with Gasteiger partial charge >= 0.3 is 0 Å². The first-order valence-corrected chi connectivity index (χ1v) is 7.06. The van der Waals surface area contributed by atoms with Gasteiger partial charge in [0.1, 0.15) is 0 Å². The Labute approximate surface area is 113 Å². The van der Waals surface area contributed by atoms with E-state index in [1.54, 1.807) is 11.3 Å². The molecule has 0 saturated carbocycles. The van der Waals surface area contributed by atoms with E-state index < -0.39 is 0 Å². The van der Waals surface area contributed by atoms with Crippen molar-refractivity contribution in [2.45, 2.75) is 33.2 Å². The second-order valence-electron chi connectivity index (χ2n) is 4.82. The molecule has 1 unspecified atom stereocenters. The van der Waals surface area contributed by atoms with Crippen LogP contribution in [0.5, 0.6) is 0 Å². The van der Waals surface area contributed by atoms with Gasteiger partial charge in [0.25, 0.3) is 0 Å². The predicted octanol–water partition coefficient (Wildman–Crippen LogP) is 3.42. The Morgan fingerprint density at radius 3 is 2.39 bits per heavy atom. The molecule has 0 aliphatic rings.